The number of rotatable bonds is 0. The number of allylic oxidation sites excluding steroid dienone is 9. The van der Waals surface area contributed by atoms with Crippen molar-refractivity contribution in [2.24, 2.45) is 16.7 Å². The first kappa shape index (κ1) is 16.7. The fraction of sp³-hybridized carbons (Fsp3) is 0.200. The highest BCUT2D eigenvalue weighted by molar-refractivity contribution is 5.82. The predicted octanol–water partition coefficient (Wildman–Crippen LogP) is 5.37. The Morgan fingerprint density at radius 2 is 1.70 bits per heavy atom. The summed E-state index contributed by atoms with van der Waals surface area (Å²) in [5, 5.41) is 2.88. The number of aryl methyl sites for hydroxylation is 1. The van der Waals surface area contributed by atoms with Crippen LogP contribution in [0.3, 0.4) is 0 Å². The highest BCUT2D eigenvalue weighted by Crippen LogP contribution is 2.72. The molecule has 0 amide bonds. The summed E-state index contributed by atoms with van der Waals surface area (Å²) >= 11 is 0. The Kier molecular flexibility index (Phi) is 3.06. The van der Waals surface area contributed by atoms with E-state index < -0.39 is 0 Å². The molecule has 0 heterocycles. The van der Waals surface area contributed by atoms with Gasteiger partial charge in [-0.05, 0) is 46.1 Å². The van der Waals surface area contributed by atoms with Crippen molar-refractivity contribution in [2.45, 2.75) is 19.3 Å². The Morgan fingerprint density at radius 1 is 0.833 bits per heavy atom. The van der Waals surface area contributed by atoms with E-state index in [9.17, 15) is 0 Å². The van der Waals surface area contributed by atoms with Crippen LogP contribution in [-0.4, -0.2) is 0 Å². The molecular weight excluding hydrogens is 360 g/mol. The van der Waals surface area contributed by atoms with Crippen molar-refractivity contribution < 1.29 is 0 Å². The molecule has 5 aliphatic rings. The largest absolute Gasteiger partial charge is 0.0757 e. The Bertz CT molecular complexity index is 1390. The van der Waals surface area contributed by atoms with E-state index in [0.29, 0.717) is 11.8 Å². The molecule has 2 aromatic rings. The second-order valence-electron chi connectivity index (χ2n) is 9.44. The zero-order valence-electron chi connectivity index (χ0n) is 17.2. The van der Waals surface area contributed by atoms with Crippen LogP contribution in [0.1, 0.15) is 29.0 Å². The minimum atomic E-state index is -0.0324. The zero-order chi connectivity index (χ0) is 19.9. The average Bonchev–Trinajstić information content (AvgIpc) is 3.12. The molecule has 1 saturated carbocycles. The number of fused-ring (bicyclic) bond motifs is 4. The maximum absolute atomic E-state index is 2.54. The average molecular weight is 385 g/mol. The van der Waals surface area contributed by atoms with E-state index in [1.54, 1.807) is 5.57 Å². The van der Waals surface area contributed by atoms with Crippen molar-refractivity contribution in [3.05, 3.63) is 124 Å². The molecule has 5 aliphatic carbocycles. The molecule has 4 unspecified atom stereocenters. The molecule has 0 N–H and O–H groups in total. The van der Waals surface area contributed by atoms with Crippen LogP contribution < -0.4 is 10.4 Å². The molecule has 7 rings (SSSR count). The lowest BCUT2D eigenvalue weighted by Gasteiger charge is -2.52. The molecule has 1 fully saturated rings. The van der Waals surface area contributed by atoms with Gasteiger partial charge in [0.1, 0.15) is 0 Å². The van der Waals surface area contributed by atoms with Crippen LogP contribution in [0.4, 0.5) is 0 Å². The van der Waals surface area contributed by atoms with E-state index in [1.165, 1.54) is 32.7 Å². The lowest BCUT2D eigenvalue weighted by molar-refractivity contribution is 0.231. The standard InChI is InChI=1S/C30H24/c1-20-12-13-21-14-17-29-15-6-7-16-30(29)26-11-5-4-9-23(26)22-8-2-3-10-24(22)28(30)19-27(29)25(21)18-20/h2-18,26-27H,19H2,1H3. The van der Waals surface area contributed by atoms with Crippen LogP contribution in [0.5, 0.6) is 0 Å². The maximum Gasteiger partial charge on any atom is 0.0339 e. The van der Waals surface area contributed by atoms with Crippen molar-refractivity contribution in [1.29, 1.82) is 0 Å². The Morgan fingerprint density at radius 3 is 2.63 bits per heavy atom. The summed E-state index contributed by atoms with van der Waals surface area (Å²) in [5.74, 6) is 0.843. The highest BCUT2D eigenvalue weighted by atomic mass is 14.7. The molecule has 4 atom stereocenters. The summed E-state index contributed by atoms with van der Waals surface area (Å²) in [5.41, 5.74) is 7.32. The van der Waals surface area contributed by atoms with Gasteiger partial charge in [-0.3, -0.25) is 0 Å². The molecule has 2 aromatic carbocycles. The van der Waals surface area contributed by atoms with Crippen LogP contribution in [0.15, 0.2) is 97.1 Å². The van der Waals surface area contributed by atoms with E-state index in [0.717, 1.165) is 6.42 Å². The minimum absolute atomic E-state index is 0.0170. The van der Waals surface area contributed by atoms with Crippen molar-refractivity contribution in [3.63, 3.8) is 0 Å². The van der Waals surface area contributed by atoms with Crippen LogP contribution in [0, 0.1) is 23.7 Å². The summed E-state index contributed by atoms with van der Waals surface area (Å²) in [4.78, 5) is 0. The van der Waals surface area contributed by atoms with Gasteiger partial charge in [0.25, 0.3) is 0 Å². The topological polar surface area (TPSA) is 0 Å². The molecule has 0 heteroatoms. The lowest BCUT2D eigenvalue weighted by Crippen LogP contribution is -2.51. The van der Waals surface area contributed by atoms with Crippen LogP contribution >= 0.6 is 0 Å². The molecule has 0 saturated heterocycles. The van der Waals surface area contributed by atoms with Crippen molar-refractivity contribution >= 4 is 17.2 Å². The Labute approximate surface area is 177 Å². The second kappa shape index (κ2) is 5.52. The van der Waals surface area contributed by atoms with Gasteiger partial charge in [-0.15, -0.1) is 0 Å². The molecule has 0 aromatic heterocycles. The second-order valence-corrected chi connectivity index (χ2v) is 9.44. The van der Waals surface area contributed by atoms with Gasteiger partial charge in [0.15, 0.2) is 0 Å². The molecule has 0 aliphatic heterocycles. The van der Waals surface area contributed by atoms with Gasteiger partial charge in [-0.1, -0.05) is 109 Å². The number of hydrogen-bond acceptors (Lipinski definition) is 0. The van der Waals surface area contributed by atoms with Crippen molar-refractivity contribution in [1.82, 2.24) is 0 Å². The molecule has 144 valence electrons. The van der Waals surface area contributed by atoms with E-state index in [-0.39, 0.29) is 10.8 Å². The van der Waals surface area contributed by atoms with Gasteiger partial charge in [0.2, 0.25) is 0 Å². The first-order chi connectivity index (χ1) is 14.7. The number of hydrogen-bond donors (Lipinski definition) is 0. The SMILES string of the molecule is Cc1ccc2c(c1)C1CC3=c4ccccc4=C4C=CC=CC4C34C=CC=CC14C=C2. The molecular formula is C30H24. The number of benzene rings is 2. The third-order valence-corrected chi connectivity index (χ3v) is 8.28. The predicted molar refractivity (Wildman–Crippen MR) is 125 cm³/mol. The summed E-state index contributed by atoms with van der Waals surface area (Å²) in [6, 6.07) is 16.1. The molecule has 2 spiro atoms. The fourth-order valence-corrected chi connectivity index (χ4v) is 7.15. The summed E-state index contributed by atoms with van der Waals surface area (Å²) in [7, 11) is 0. The van der Waals surface area contributed by atoms with Gasteiger partial charge in [-0.25, -0.2) is 0 Å². The maximum atomic E-state index is 2.54. The van der Waals surface area contributed by atoms with Gasteiger partial charge in [0.05, 0.1) is 0 Å². The van der Waals surface area contributed by atoms with Gasteiger partial charge >= 0.3 is 0 Å². The van der Waals surface area contributed by atoms with E-state index in [1.807, 2.05) is 0 Å². The smallest absolute Gasteiger partial charge is 0.0339 e. The molecule has 0 nitrogen and oxygen atoms in total. The molecule has 30 heavy (non-hydrogen) atoms. The highest BCUT2D eigenvalue weighted by Gasteiger charge is 2.64. The Hall–Kier alpha value is -3.12. The van der Waals surface area contributed by atoms with Gasteiger partial charge < -0.3 is 0 Å². The lowest BCUT2D eigenvalue weighted by atomic mass is 9.49. The molecule has 0 radical (unpaired) electrons. The minimum Gasteiger partial charge on any atom is -0.0757 e. The van der Waals surface area contributed by atoms with Crippen LogP contribution in [0.25, 0.3) is 17.2 Å². The summed E-state index contributed by atoms with van der Waals surface area (Å²) in [6.45, 7) is 2.22. The zero-order valence-corrected chi connectivity index (χ0v) is 17.2. The van der Waals surface area contributed by atoms with Gasteiger partial charge in [-0.2, -0.15) is 0 Å². The van der Waals surface area contributed by atoms with E-state index >= 15 is 0 Å². The first-order valence-corrected chi connectivity index (χ1v) is 11.1. The van der Waals surface area contributed by atoms with Crippen LogP contribution in [-0.2, 0) is 0 Å². The van der Waals surface area contributed by atoms with Gasteiger partial charge in [0, 0.05) is 22.7 Å². The first-order valence-electron chi connectivity index (χ1n) is 11.1. The van der Waals surface area contributed by atoms with Crippen LogP contribution in [0.2, 0.25) is 0 Å². The van der Waals surface area contributed by atoms with Crippen molar-refractivity contribution in [3.8, 4) is 0 Å². The summed E-state index contributed by atoms with van der Waals surface area (Å²) in [6.07, 6.45) is 25.0. The third-order valence-electron chi connectivity index (χ3n) is 8.28. The van der Waals surface area contributed by atoms with Crippen molar-refractivity contribution in [2.75, 3.05) is 0 Å². The molecule has 0 bridgehead atoms. The van der Waals surface area contributed by atoms with E-state index in [4.69, 9.17) is 0 Å². The normalized spacial score (nSPS) is 33.5. The van der Waals surface area contributed by atoms with E-state index in [2.05, 4.69) is 110 Å². The monoisotopic (exact) mass is 384 g/mol. The quantitative estimate of drug-likeness (QED) is 0.573. The Balaban J connectivity index is 1.64. The summed E-state index contributed by atoms with van der Waals surface area (Å²) < 4.78 is 0. The third kappa shape index (κ3) is 1.76. The fourth-order valence-electron chi connectivity index (χ4n) is 7.15.